The van der Waals surface area contributed by atoms with Crippen LogP contribution < -0.4 is 9.47 Å². The van der Waals surface area contributed by atoms with Crippen LogP contribution in [0.5, 0.6) is 11.5 Å². The number of hydrogen-bond donors (Lipinski definition) is 0. The SMILES string of the molecule is COc1ccc(OCCSc2nc(-c3cccs3)nc3ccccc23)cc1. The smallest absolute Gasteiger partial charge is 0.171 e. The summed E-state index contributed by atoms with van der Waals surface area (Å²) in [5.74, 6) is 3.24. The van der Waals surface area contributed by atoms with Crippen molar-refractivity contribution in [2.75, 3.05) is 19.5 Å². The summed E-state index contributed by atoms with van der Waals surface area (Å²) in [5.41, 5.74) is 0.967. The third-order valence-electron chi connectivity index (χ3n) is 3.96. The number of thiophene rings is 1. The van der Waals surface area contributed by atoms with Crippen molar-refractivity contribution >= 4 is 34.0 Å². The van der Waals surface area contributed by atoms with E-state index in [2.05, 4.69) is 12.1 Å². The Labute approximate surface area is 166 Å². The van der Waals surface area contributed by atoms with Crippen LogP contribution in [0.15, 0.2) is 71.1 Å². The molecule has 0 fully saturated rings. The largest absolute Gasteiger partial charge is 0.497 e. The van der Waals surface area contributed by atoms with E-state index in [9.17, 15) is 0 Å². The fourth-order valence-corrected chi connectivity index (χ4v) is 4.14. The van der Waals surface area contributed by atoms with Crippen LogP contribution in [0.3, 0.4) is 0 Å². The van der Waals surface area contributed by atoms with E-state index in [4.69, 9.17) is 19.4 Å². The highest BCUT2D eigenvalue weighted by Gasteiger charge is 2.10. The normalized spacial score (nSPS) is 10.9. The van der Waals surface area contributed by atoms with Gasteiger partial charge >= 0.3 is 0 Å². The summed E-state index contributed by atoms with van der Waals surface area (Å²) in [5, 5.41) is 4.11. The second kappa shape index (κ2) is 8.41. The van der Waals surface area contributed by atoms with Gasteiger partial charge in [-0.2, -0.15) is 0 Å². The minimum Gasteiger partial charge on any atom is -0.497 e. The number of hydrogen-bond acceptors (Lipinski definition) is 6. The average molecular weight is 395 g/mol. The molecule has 4 nitrogen and oxygen atoms in total. The second-order valence-corrected chi connectivity index (χ2v) is 7.75. The Balaban J connectivity index is 1.47. The number of ether oxygens (including phenoxy) is 2. The minimum atomic E-state index is 0.601. The third kappa shape index (κ3) is 4.23. The van der Waals surface area contributed by atoms with Gasteiger partial charge in [-0.1, -0.05) is 24.3 Å². The molecule has 6 heteroatoms. The summed E-state index contributed by atoms with van der Waals surface area (Å²) in [7, 11) is 1.66. The van der Waals surface area contributed by atoms with Gasteiger partial charge < -0.3 is 9.47 Å². The summed E-state index contributed by atoms with van der Waals surface area (Å²) in [6.45, 7) is 0.601. The number of nitrogens with zero attached hydrogens (tertiary/aromatic N) is 2. The van der Waals surface area contributed by atoms with Crippen molar-refractivity contribution in [1.82, 2.24) is 9.97 Å². The Morgan fingerprint density at radius 2 is 1.74 bits per heavy atom. The molecule has 27 heavy (non-hydrogen) atoms. The van der Waals surface area contributed by atoms with Gasteiger partial charge in [-0.15, -0.1) is 23.1 Å². The molecule has 4 rings (SSSR count). The molecule has 0 saturated carbocycles. The van der Waals surface area contributed by atoms with Gasteiger partial charge in [0, 0.05) is 11.1 Å². The molecule has 0 saturated heterocycles. The molecular formula is C21H18N2O2S2. The number of benzene rings is 2. The Hall–Kier alpha value is -2.57. The van der Waals surface area contributed by atoms with Crippen LogP contribution >= 0.6 is 23.1 Å². The molecule has 0 aliphatic heterocycles. The molecule has 0 N–H and O–H groups in total. The molecule has 2 aromatic heterocycles. The average Bonchev–Trinajstić information content (AvgIpc) is 3.26. The van der Waals surface area contributed by atoms with Crippen LogP contribution in [-0.2, 0) is 0 Å². The van der Waals surface area contributed by atoms with Crippen LogP contribution in [0, 0.1) is 0 Å². The predicted octanol–water partition coefficient (Wildman–Crippen LogP) is 5.54. The Kier molecular flexibility index (Phi) is 5.55. The van der Waals surface area contributed by atoms with Crippen LogP contribution in [-0.4, -0.2) is 29.4 Å². The van der Waals surface area contributed by atoms with Crippen LogP contribution in [0.25, 0.3) is 21.6 Å². The lowest BCUT2D eigenvalue weighted by Crippen LogP contribution is -2.01. The van der Waals surface area contributed by atoms with Gasteiger partial charge in [0.2, 0.25) is 0 Å². The van der Waals surface area contributed by atoms with E-state index < -0.39 is 0 Å². The van der Waals surface area contributed by atoms with Crippen molar-refractivity contribution in [3.05, 3.63) is 66.0 Å². The van der Waals surface area contributed by atoms with Crippen molar-refractivity contribution in [2.45, 2.75) is 5.03 Å². The number of methoxy groups -OCH3 is 1. The van der Waals surface area contributed by atoms with E-state index in [1.807, 2.05) is 53.9 Å². The van der Waals surface area contributed by atoms with E-state index in [0.29, 0.717) is 6.61 Å². The topological polar surface area (TPSA) is 44.2 Å². The summed E-state index contributed by atoms with van der Waals surface area (Å²) < 4.78 is 11.0. The molecule has 0 amide bonds. The van der Waals surface area contributed by atoms with Crippen molar-refractivity contribution in [3.8, 4) is 22.2 Å². The first-order valence-electron chi connectivity index (χ1n) is 8.54. The first-order valence-corrected chi connectivity index (χ1v) is 10.4. The fourth-order valence-electron chi connectivity index (χ4n) is 2.64. The second-order valence-electron chi connectivity index (χ2n) is 5.72. The highest BCUT2D eigenvalue weighted by Crippen LogP contribution is 2.30. The monoisotopic (exact) mass is 394 g/mol. The highest BCUT2D eigenvalue weighted by molar-refractivity contribution is 7.99. The Bertz CT molecular complexity index is 1020. The molecule has 0 aliphatic carbocycles. The fraction of sp³-hybridized carbons (Fsp3) is 0.143. The zero-order chi connectivity index (χ0) is 18.5. The van der Waals surface area contributed by atoms with Crippen LogP contribution in [0.1, 0.15) is 0 Å². The van der Waals surface area contributed by atoms with Crippen LogP contribution in [0.4, 0.5) is 0 Å². The number of para-hydroxylation sites is 1. The lowest BCUT2D eigenvalue weighted by Gasteiger charge is -2.09. The molecule has 0 unspecified atom stereocenters. The van der Waals surface area contributed by atoms with E-state index in [1.54, 1.807) is 30.2 Å². The first kappa shape index (κ1) is 17.8. The van der Waals surface area contributed by atoms with E-state index in [-0.39, 0.29) is 0 Å². The lowest BCUT2D eigenvalue weighted by molar-refractivity contribution is 0.342. The molecule has 2 aromatic carbocycles. The van der Waals surface area contributed by atoms with E-state index in [0.717, 1.165) is 43.9 Å². The van der Waals surface area contributed by atoms with Crippen molar-refractivity contribution < 1.29 is 9.47 Å². The van der Waals surface area contributed by atoms with Gasteiger partial charge in [0.25, 0.3) is 0 Å². The summed E-state index contributed by atoms with van der Waals surface area (Å²) >= 11 is 3.34. The number of fused-ring (bicyclic) bond motifs is 1. The summed E-state index contributed by atoms with van der Waals surface area (Å²) in [4.78, 5) is 10.6. The zero-order valence-electron chi connectivity index (χ0n) is 14.8. The standard InChI is InChI=1S/C21H18N2O2S2/c1-24-15-8-10-16(11-9-15)25-12-14-27-21-17-5-2-3-6-18(17)22-20(23-21)19-7-4-13-26-19/h2-11,13H,12,14H2,1H3. The van der Waals surface area contributed by atoms with Crippen molar-refractivity contribution in [3.63, 3.8) is 0 Å². The molecule has 4 aromatic rings. The molecule has 2 heterocycles. The molecule has 0 bridgehead atoms. The maximum absolute atomic E-state index is 5.82. The molecule has 136 valence electrons. The van der Waals surface area contributed by atoms with Gasteiger partial charge in [-0.25, -0.2) is 9.97 Å². The van der Waals surface area contributed by atoms with Gasteiger partial charge in [0.05, 0.1) is 24.1 Å². The van der Waals surface area contributed by atoms with Gasteiger partial charge in [0.15, 0.2) is 5.82 Å². The van der Waals surface area contributed by atoms with Crippen molar-refractivity contribution in [2.24, 2.45) is 0 Å². The van der Waals surface area contributed by atoms with E-state index >= 15 is 0 Å². The number of thioether (sulfide) groups is 1. The van der Waals surface area contributed by atoms with Gasteiger partial charge in [-0.3, -0.25) is 0 Å². The molecule has 0 atom stereocenters. The number of aromatic nitrogens is 2. The molecule has 0 radical (unpaired) electrons. The minimum absolute atomic E-state index is 0.601. The number of rotatable bonds is 7. The lowest BCUT2D eigenvalue weighted by atomic mass is 10.2. The van der Waals surface area contributed by atoms with E-state index in [1.165, 1.54) is 0 Å². The Morgan fingerprint density at radius 1 is 0.926 bits per heavy atom. The molecule has 0 aliphatic rings. The summed E-state index contributed by atoms with van der Waals surface area (Å²) in [6.07, 6.45) is 0. The van der Waals surface area contributed by atoms with Gasteiger partial charge in [0.1, 0.15) is 16.5 Å². The quantitative estimate of drug-likeness (QED) is 0.234. The zero-order valence-corrected chi connectivity index (χ0v) is 16.4. The van der Waals surface area contributed by atoms with Crippen LogP contribution in [0.2, 0.25) is 0 Å². The third-order valence-corrected chi connectivity index (χ3v) is 5.78. The van der Waals surface area contributed by atoms with Gasteiger partial charge in [-0.05, 0) is 41.8 Å². The Morgan fingerprint density at radius 3 is 2.52 bits per heavy atom. The maximum Gasteiger partial charge on any atom is 0.171 e. The maximum atomic E-state index is 5.82. The molecule has 0 spiro atoms. The summed E-state index contributed by atoms with van der Waals surface area (Å²) in [6, 6.07) is 19.8. The van der Waals surface area contributed by atoms with Crippen molar-refractivity contribution in [1.29, 1.82) is 0 Å². The first-order chi connectivity index (χ1) is 13.3. The molecular weight excluding hydrogens is 376 g/mol. The predicted molar refractivity (Wildman–Crippen MR) is 112 cm³/mol. The highest BCUT2D eigenvalue weighted by atomic mass is 32.2.